The summed E-state index contributed by atoms with van der Waals surface area (Å²) in [7, 11) is 0. The summed E-state index contributed by atoms with van der Waals surface area (Å²) in [5.74, 6) is 1.80. The van der Waals surface area contributed by atoms with Gasteiger partial charge in [0.1, 0.15) is 0 Å². The van der Waals surface area contributed by atoms with Gasteiger partial charge in [-0.2, -0.15) is 4.98 Å². The van der Waals surface area contributed by atoms with Crippen LogP contribution in [0.1, 0.15) is 12.3 Å². The lowest BCUT2D eigenvalue weighted by Crippen LogP contribution is -2.27. The third-order valence-electron chi connectivity index (χ3n) is 2.97. The van der Waals surface area contributed by atoms with E-state index >= 15 is 0 Å². The van der Waals surface area contributed by atoms with E-state index < -0.39 is 0 Å². The zero-order valence-electron chi connectivity index (χ0n) is 10.1. The third kappa shape index (κ3) is 2.57. The van der Waals surface area contributed by atoms with Crippen LogP contribution >= 0.6 is 0 Å². The fourth-order valence-electron chi connectivity index (χ4n) is 2.05. The van der Waals surface area contributed by atoms with Gasteiger partial charge in [0.15, 0.2) is 5.82 Å². The van der Waals surface area contributed by atoms with Gasteiger partial charge in [-0.25, -0.2) is 4.98 Å². The Labute approximate surface area is 105 Å². The molecule has 1 aliphatic heterocycles. The molecule has 18 heavy (non-hydrogen) atoms. The van der Waals surface area contributed by atoms with Crippen molar-refractivity contribution in [3.05, 3.63) is 18.3 Å². The van der Waals surface area contributed by atoms with Crippen molar-refractivity contribution in [1.29, 1.82) is 0 Å². The Hall–Kier alpha value is -1.73. The van der Waals surface area contributed by atoms with Crippen LogP contribution in [0.5, 0.6) is 0 Å². The number of nitrogens with one attached hydrogen (secondary N) is 2. The Balaban J connectivity index is 1.66. The molecule has 0 radical (unpaired) electrons. The fourth-order valence-corrected chi connectivity index (χ4v) is 2.05. The number of H-pyrrole nitrogens is 1. The Morgan fingerprint density at radius 1 is 1.33 bits per heavy atom. The topological polar surface area (TPSA) is 82.9 Å². The Bertz CT molecular complexity index is 471. The van der Waals surface area contributed by atoms with E-state index in [2.05, 4.69) is 30.3 Å². The van der Waals surface area contributed by atoms with E-state index in [9.17, 15) is 0 Å². The highest BCUT2D eigenvalue weighted by Crippen LogP contribution is 2.11. The van der Waals surface area contributed by atoms with Crippen molar-refractivity contribution in [1.82, 2.24) is 30.3 Å². The molecule has 3 rings (SSSR count). The second-order valence-electron chi connectivity index (χ2n) is 4.33. The molecule has 0 spiro atoms. The standard InChI is InChI=1S/C11H16N6O/c1-2-12-5-7-17(6-1)8-9-15-11(16-18-9)10-13-3-4-14-10/h3-4,12H,1-2,5-8H2,(H,13,14). The lowest BCUT2D eigenvalue weighted by Gasteiger charge is -2.16. The number of imidazole rings is 1. The molecule has 2 aromatic rings. The molecule has 7 nitrogen and oxygen atoms in total. The molecule has 2 N–H and O–H groups in total. The summed E-state index contributed by atoms with van der Waals surface area (Å²) in [6.07, 6.45) is 4.57. The van der Waals surface area contributed by atoms with Crippen LogP contribution in [-0.2, 0) is 6.54 Å². The van der Waals surface area contributed by atoms with Gasteiger partial charge in [0.2, 0.25) is 11.7 Å². The molecule has 1 fully saturated rings. The van der Waals surface area contributed by atoms with Crippen LogP contribution in [0.25, 0.3) is 11.6 Å². The molecular formula is C11H16N6O. The zero-order valence-corrected chi connectivity index (χ0v) is 10.1. The van der Waals surface area contributed by atoms with Crippen molar-refractivity contribution >= 4 is 0 Å². The maximum Gasteiger partial charge on any atom is 0.241 e. The summed E-state index contributed by atoms with van der Waals surface area (Å²) in [4.78, 5) is 13.7. The first-order valence-electron chi connectivity index (χ1n) is 6.17. The number of hydrogen-bond acceptors (Lipinski definition) is 6. The lowest BCUT2D eigenvalue weighted by molar-refractivity contribution is 0.239. The van der Waals surface area contributed by atoms with Gasteiger partial charge < -0.3 is 14.8 Å². The highest BCUT2D eigenvalue weighted by molar-refractivity contribution is 5.40. The summed E-state index contributed by atoms with van der Waals surface area (Å²) in [5.41, 5.74) is 0. The molecule has 3 heterocycles. The molecule has 0 saturated carbocycles. The van der Waals surface area contributed by atoms with Gasteiger partial charge in [-0.3, -0.25) is 4.90 Å². The quantitative estimate of drug-likeness (QED) is 0.810. The molecule has 2 aromatic heterocycles. The largest absolute Gasteiger partial charge is 0.342 e. The van der Waals surface area contributed by atoms with Crippen molar-refractivity contribution in [3.63, 3.8) is 0 Å². The van der Waals surface area contributed by atoms with Crippen LogP contribution in [0.15, 0.2) is 16.9 Å². The van der Waals surface area contributed by atoms with Gasteiger partial charge in [-0.1, -0.05) is 5.16 Å². The highest BCUT2D eigenvalue weighted by atomic mass is 16.5. The molecule has 0 aromatic carbocycles. The van der Waals surface area contributed by atoms with E-state index in [0.29, 0.717) is 24.1 Å². The van der Waals surface area contributed by atoms with Gasteiger partial charge in [-0.05, 0) is 19.5 Å². The smallest absolute Gasteiger partial charge is 0.241 e. The van der Waals surface area contributed by atoms with Crippen molar-refractivity contribution < 1.29 is 4.52 Å². The molecule has 0 aliphatic carbocycles. The maximum absolute atomic E-state index is 5.25. The number of hydrogen-bond donors (Lipinski definition) is 2. The van der Waals surface area contributed by atoms with Gasteiger partial charge in [0.25, 0.3) is 0 Å². The van der Waals surface area contributed by atoms with Crippen LogP contribution in [0.2, 0.25) is 0 Å². The van der Waals surface area contributed by atoms with Crippen molar-refractivity contribution in [2.75, 3.05) is 26.2 Å². The Kier molecular flexibility index (Phi) is 3.33. The minimum atomic E-state index is 0.517. The van der Waals surface area contributed by atoms with Crippen LogP contribution < -0.4 is 5.32 Å². The fraction of sp³-hybridized carbons (Fsp3) is 0.545. The van der Waals surface area contributed by atoms with Gasteiger partial charge in [-0.15, -0.1) is 0 Å². The number of aromatic nitrogens is 4. The van der Waals surface area contributed by atoms with E-state index in [-0.39, 0.29) is 0 Å². The average Bonchev–Trinajstić information content (AvgIpc) is 2.98. The van der Waals surface area contributed by atoms with E-state index in [1.807, 2.05) is 0 Å². The first-order valence-corrected chi connectivity index (χ1v) is 6.17. The van der Waals surface area contributed by atoms with E-state index in [1.165, 1.54) is 0 Å². The van der Waals surface area contributed by atoms with Crippen LogP contribution in [0, 0.1) is 0 Å². The molecule has 0 bridgehead atoms. The van der Waals surface area contributed by atoms with Crippen molar-refractivity contribution in [3.8, 4) is 11.6 Å². The maximum atomic E-state index is 5.25. The first-order chi connectivity index (χ1) is 8.92. The predicted molar refractivity (Wildman–Crippen MR) is 64.6 cm³/mol. The third-order valence-corrected chi connectivity index (χ3v) is 2.97. The monoisotopic (exact) mass is 248 g/mol. The second-order valence-corrected chi connectivity index (χ2v) is 4.33. The van der Waals surface area contributed by atoms with Gasteiger partial charge in [0.05, 0.1) is 6.54 Å². The second kappa shape index (κ2) is 5.28. The van der Waals surface area contributed by atoms with Crippen molar-refractivity contribution in [2.24, 2.45) is 0 Å². The van der Waals surface area contributed by atoms with Crippen LogP contribution in [0.4, 0.5) is 0 Å². The van der Waals surface area contributed by atoms with E-state index in [0.717, 1.165) is 32.6 Å². The number of aromatic amines is 1. The summed E-state index contributed by atoms with van der Waals surface area (Å²) >= 11 is 0. The van der Waals surface area contributed by atoms with E-state index in [1.54, 1.807) is 12.4 Å². The summed E-state index contributed by atoms with van der Waals surface area (Å²) in [6, 6.07) is 0. The van der Waals surface area contributed by atoms with Crippen LogP contribution in [0.3, 0.4) is 0 Å². The SMILES string of the molecule is c1c[nH]c(-c2noc(CN3CCCNCC3)n2)n1. The Morgan fingerprint density at radius 3 is 3.22 bits per heavy atom. The minimum absolute atomic E-state index is 0.517. The molecule has 7 heteroatoms. The molecule has 96 valence electrons. The molecule has 1 saturated heterocycles. The van der Waals surface area contributed by atoms with Gasteiger partial charge in [0, 0.05) is 25.5 Å². The van der Waals surface area contributed by atoms with Crippen LogP contribution in [-0.4, -0.2) is 51.2 Å². The number of nitrogens with zero attached hydrogens (tertiary/aromatic N) is 4. The molecule has 0 atom stereocenters. The Morgan fingerprint density at radius 2 is 2.33 bits per heavy atom. The predicted octanol–water partition coefficient (Wildman–Crippen LogP) is 0.255. The van der Waals surface area contributed by atoms with E-state index in [4.69, 9.17) is 4.52 Å². The first kappa shape index (κ1) is 11.4. The van der Waals surface area contributed by atoms with Gasteiger partial charge >= 0.3 is 0 Å². The summed E-state index contributed by atoms with van der Waals surface area (Å²) < 4.78 is 5.25. The molecule has 0 unspecified atom stereocenters. The zero-order chi connectivity index (χ0) is 12.2. The summed E-state index contributed by atoms with van der Waals surface area (Å²) in [5, 5.41) is 7.29. The lowest BCUT2D eigenvalue weighted by atomic mass is 10.4. The highest BCUT2D eigenvalue weighted by Gasteiger charge is 2.15. The molecule has 0 amide bonds. The number of rotatable bonds is 3. The molecular weight excluding hydrogens is 232 g/mol. The summed E-state index contributed by atoms with van der Waals surface area (Å²) in [6.45, 7) is 4.87. The molecule has 1 aliphatic rings. The normalized spacial score (nSPS) is 17.8. The van der Waals surface area contributed by atoms with Crippen molar-refractivity contribution in [2.45, 2.75) is 13.0 Å². The average molecular weight is 248 g/mol. The minimum Gasteiger partial charge on any atom is -0.342 e.